The van der Waals surface area contributed by atoms with Crippen molar-refractivity contribution >= 4 is 23.3 Å². The van der Waals surface area contributed by atoms with Crippen molar-refractivity contribution in [1.29, 1.82) is 0 Å². The number of ether oxygens (including phenoxy) is 2. The zero-order chi connectivity index (χ0) is 22.3. The molecule has 0 spiro atoms. The molecule has 32 heavy (non-hydrogen) atoms. The molecule has 1 atom stereocenters. The van der Waals surface area contributed by atoms with E-state index in [0.717, 1.165) is 40.9 Å². The van der Waals surface area contributed by atoms with E-state index in [0.29, 0.717) is 18.7 Å². The van der Waals surface area contributed by atoms with E-state index in [1.54, 1.807) is 6.07 Å². The Balaban J connectivity index is 1.44. The highest BCUT2D eigenvalue weighted by molar-refractivity contribution is 5.98. The molecule has 0 aromatic heterocycles. The van der Waals surface area contributed by atoms with Crippen LogP contribution in [0, 0.1) is 0 Å². The first-order chi connectivity index (χ1) is 15.7. The van der Waals surface area contributed by atoms with Crippen LogP contribution in [0.15, 0.2) is 72.8 Å². The molecule has 164 valence electrons. The Kier molecular flexibility index (Phi) is 6.82. The number of benzene rings is 3. The van der Waals surface area contributed by atoms with E-state index in [-0.39, 0.29) is 18.0 Å². The lowest BCUT2D eigenvalue weighted by Gasteiger charge is -2.15. The van der Waals surface area contributed by atoms with Crippen molar-refractivity contribution in [2.24, 2.45) is 0 Å². The summed E-state index contributed by atoms with van der Waals surface area (Å²) in [6, 6.07) is 23.0. The second-order valence-electron chi connectivity index (χ2n) is 7.62. The van der Waals surface area contributed by atoms with Gasteiger partial charge in [-0.05, 0) is 47.7 Å². The maximum absolute atomic E-state index is 12.4. The monoisotopic (exact) mass is 430 g/mol. The number of para-hydroxylation sites is 2. The van der Waals surface area contributed by atoms with Gasteiger partial charge >= 0.3 is 5.97 Å². The third-order valence-corrected chi connectivity index (χ3v) is 5.49. The maximum Gasteiger partial charge on any atom is 0.338 e. The number of carbonyl (C=O) groups is 2. The number of esters is 1. The Bertz CT molecular complexity index is 1090. The van der Waals surface area contributed by atoms with E-state index in [1.165, 1.54) is 7.11 Å². The zero-order valence-corrected chi connectivity index (χ0v) is 18.0. The third-order valence-electron chi connectivity index (χ3n) is 5.49. The first-order valence-electron chi connectivity index (χ1n) is 10.7. The molecule has 1 fully saturated rings. The summed E-state index contributed by atoms with van der Waals surface area (Å²) < 4.78 is 10.4. The quantitative estimate of drug-likeness (QED) is 0.523. The van der Waals surface area contributed by atoms with Crippen LogP contribution in [-0.2, 0) is 20.8 Å². The Morgan fingerprint density at radius 3 is 2.41 bits per heavy atom. The molecule has 1 aliphatic rings. The van der Waals surface area contributed by atoms with Crippen LogP contribution < -0.4 is 10.6 Å². The summed E-state index contributed by atoms with van der Waals surface area (Å²) in [5, 5.41) is 6.37. The smallest absolute Gasteiger partial charge is 0.338 e. The minimum atomic E-state index is -0.372. The Morgan fingerprint density at radius 2 is 1.69 bits per heavy atom. The number of anilines is 2. The minimum absolute atomic E-state index is 0.106. The summed E-state index contributed by atoms with van der Waals surface area (Å²) in [4.78, 5) is 24.5. The summed E-state index contributed by atoms with van der Waals surface area (Å²) in [5.74, 6) is -0.460. The molecule has 3 aromatic carbocycles. The van der Waals surface area contributed by atoms with E-state index in [4.69, 9.17) is 9.47 Å². The van der Waals surface area contributed by atoms with Gasteiger partial charge in [-0.25, -0.2) is 4.79 Å². The maximum atomic E-state index is 12.4. The van der Waals surface area contributed by atoms with Crippen LogP contribution in [0.3, 0.4) is 0 Å². The van der Waals surface area contributed by atoms with Gasteiger partial charge in [0.1, 0.15) is 6.10 Å². The molecule has 6 nitrogen and oxygen atoms in total. The Hall–Kier alpha value is -3.64. The lowest BCUT2D eigenvalue weighted by molar-refractivity contribution is -0.124. The van der Waals surface area contributed by atoms with Crippen molar-refractivity contribution < 1.29 is 19.1 Å². The van der Waals surface area contributed by atoms with Crippen LogP contribution in [0.25, 0.3) is 11.1 Å². The van der Waals surface area contributed by atoms with E-state index < -0.39 is 0 Å². The van der Waals surface area contributed by atoms with E-state index in [1.807, 2.05) is 66.7 Å². The summed E-state index contributed by atoms with van der Waals surface area (Å²) in [7, 11) is 1.38. The molecule has 1 heterocycles. The van der Waals surface area contributed by atoms with Crippen molar-refractivity contribution in [3.8, 4) is 11.1 Å². The van der Waals surface area contributed by atoms with E-state index in [2.05, 4.69) is 10.6 Å². The van der Waals surface area contributed by atoms with E-state index in [9.17, 15) is 9.59 Å². The molecular formula is C26H26N2O4. The van der Waals surface area contributed by atoms with Gasteiger partial charge in [0.05, 0.1) is 24.0 Å². The molecule has 1 aliphatic heterocycles. The van der Waals surface area contributed by atoms with Gasteiger partial charge in [-0.1, -0.05) is 54.6 Å². The molecule has 0 saturated carbocycles. The lowest BCUT2D eigenvalue weighted by Crippen LogP contribution is -2.27. The van der Waals surface area contributed by atoms with Crippen molar-refractivity contribution in [1.82, 2.24) is 0 Å². The van der Waals surface area contributed by atoms with Gasteiger partial charge in [-0.2, -0.15) is 0 Å². The van der Waals surface area contributed by atoms with Gasteiger partial charge in [-0.15, -0.1) is 0 Å². The fourth-order valence-corrected chi connectivity index (χ4v) is 3.77. The summed E-state index contributed by atoms with van der Waals surface area (Å²) >= 11 is 0. The highest BCUT2D eigenvalue weighted by Crippen LogP contribution is 2.26. The predicted molar refractivity (Wildman–Crippen MR) is 125 cm³/mol. The molecule has 3 aromatic rings. The highest BCUT2D eigenvalue weighted by Gasteiger charge is 2.24. The number of hydrogen-bond acceptors (Lipinski definition) is 5. The van der Waals surface area contributed by atoms with Crippen molar-refractivity contribution in [3.63, 3.8) is 0 Å². The molecular weight excluding hydrogens is 404 g/mol. The standard InChI is InChI=1S/C26H26N2O4/c1-31-26(30)21-8-3-2-7-20(21)19-14-12-18(13-15-19)17-27-22-9-4-5-10-23(22)28-25(29)24-11-6-16-32-24/h2-5,7-10,12-15,24,27H,6,11,16-17H2,1H3,(H,28,29). The molecule has 2 N–H and O–H groups in total. The largest absolute Gasteiger partial charge is 0.465 e. The average Bonchev–Trinajstić information content (AvgIpc) is 3.39. The van der Waals surface area contributed by atoms with Gasteiger partial charge in [0.2, 0.25) is 0 Å². The third kappa shape index (κ3) is 4.98. The Labute approximate surface area is 187 Å². The molecule has 1 saturated heterocycles. The molecule has 1 unspecified atom stereocenters. The second kappa shape index (κ2) is 10.1. The van der Waals surface area contributed by atoms with Crippen LogP contribution in [0.4, 0.5) is 11.4 Å². The average molecular weight is 431 g/mol. The summed E-state index contributed by atoms with van der Waals surface area (Å²) in [5.41, 5.74) is 4.97. The predicted octanol–water partition coefficient (Wildman–Crippen LogP) is 4.87. The minimum Gasteiger partial charge on any atom is -0.465 e. The van der Waals surface area contributed by atoms with Crippen molar-refractivity contribution in [2.75, 3.05) is 24.4 Å². The van der Waals surface area contributed by atoms with Crippen LogP contribution in [0.1, 0.15) is 28.8 Å². The number of rotatable bonds is 7. The molecule has 0 bridgehead atoms. The van der Waals surface area contributed by atoms with Gasteiger partial charge < -0.3 is 20.1 Å². The number of amides is 1. The van der Waals surface area contributed by atoms with Crippen molar-refractivity contribution in [3.05, 3.63) is 83.9 Å². The van der Waals surface area contributed by atoms with E-state index >= 15 is 0 Å². The van der Waals surface area contributed by atoms with Gasteiger partial charge in [0, 0.05) is 13.2 Å². The first kappa shape index (κ1) is 21.6. The SMILES string of the molecule is COC(=O)c1ccccc1-c1ccc(CNc2ccccc2NC(=O)C2CCCO2)cc1. The Morgan fingerprint density at radius 1 is 0.969 bits per heavy atom. The molecule has 0 radical (unpaired) electrons. The molecule has 0 aliphatic carbocycles. The first-order valence-corrected chi connectivity index (χ1v) is 10.7. The number of nitrogens with one attached hydrogen (secondary N) is 2. The zero-order valence-electron chi connectivity index (χ0n) is 18.0. The van der Waals surface area contributed by atoms with Crippen molar-refractivity contribution in [2.45, 2.75) is 25.5 Å². The van der Waals surface area contributed by atoms with Gasteiger partial charge in [0.25, 0.3) is 5.91 Å². The molecule has 1 amide bonds. The fourth-order valence-electron chi connectivity index (χ4n) is 3.77. The van der Waals surface area contributed by atoms with Crippen LogP contribution in [0.2, 0.25) is 0 Å². The van der Waals surface area contributed by atoms with Gasteiger partial charge in [-0.3, -0.25) is 4.79 Å². The summed E-state index contributed by atoms with van der Waals surface area (Å²) in [6.45, 7) is 1.23. The van der Waals surface area contributed by atoms with Gasteiger partial charge in [0.15, 0.2) is 0 Å². The van der Waals surface area contributed by atoms with Crippen LogP contribution in [-0.4, -0.2) is 31.7 Å². The number of methoxy groups -OCH3 is 1. The van der Waals surface area contributed by atoms with Crippen LogP contribution >= 0.6 is 0 Å². The fraction of sp³-hybridized carbons (Fsp3) is 0.231. The second-order valence-corrected chi connectivity index (χ2v) is 7.62. The lowest BCUT2D eigenvalue weighted by atomic mass is 9.98. The normalized spacial score (nSPS) is 15.2. The molecule has 4 rings (SSSR count). The molecule has 6 heteroatoms. The topological polar surface area (TPSA) is 76.7 Å². The summed E-state index contributed by atoms with van der Waals surface area (Å²) in [6.07, 6.45) is 1.30. The number of hydrogen-bond donors (Lipinski definition) is 2. The highest BCUT2D eigenvalue weighted by atomic mass is 16.5. The number of carbonyl (C=O) groups excluding carboxylic acids is 2. The van der Waals surface area contributed by atoms with Crippen LogP contribution in [0.5, 0.6) is 0 Å².